The summed E-state index contributed by atoms with van der Waals surface area (Å²) in [7, 11) is 0. The van der Waals surface area contributed by atoms with Gasteiger partial charge in [-0.05, 0) is 25.3 Å². The smallest absolute Gasteiger partial charge is 0.318 e. The Labute approximate surface area is 77.6 Å². The van der Waals surface area contributed by atoms with Gasteiger partial charge in [0, 0.05) is 6.04 Å². The number of nitrogens with one attached hydrogen (secondary N) is 1. The zero-order valence-electron chi connectivity index (χ0n) is 8.09. The van der Waals surface area contributed by atoms with Crippen molar-refractivity contribution < 1.29 is 13.5 Å². The van der Waals surface area contributed by atoms with E-state index in [2.05, 4.69) is 10.1 Å². The Kier molecular flexibility index (Phi) is 4.06. The first-order chi connectivity index (χ1) is 6.11. The minimum absolute atomic E-state index is 0.0720. The molecule has 0 aromatic heterocycles. The summed E-state index contributed by atoms with van der Waals surface area (Å²) in [5.41, 5.74) is 0. The van der Waals surface area contributed by atoms with Crippen LogP contribution in [0.1, 0.15) is 26.7 Å². The van der Waals surface area contributed by atoms with Crippen molar-refractivity contribution in [3.63, 3.8) is 0 Å². The van der Waals surface area contributed by atoms with E-state index in [4.69, 9.17) is 0 Å². The second kappa shape index (κ2) is 4.86. The van der Waals surface area contributed by atoms with E-state index < -0.39 is 6.61 Å². The molecular formula is C9H17F2NO. The van der Waals surface area contributed by atoms with Crippen molar-refractivity contribution in [2.45, 2.75) is 45.4 Å². The maximum Gasteiger partial charge on any atom is 0.345 e. The van der Waals surface area contributed by atoms with E-state index >= 15 is 0 Å². The summed E-state index contributed by atoms with van der Waals surface area (Å²) in [4.78, 5) is 0. The van der Waals surface area contributed by atoms with Crippen LogP contribution < -0.4 is 5.32 Å². The van der Waals surface area contributed by atoms with Crippen LogP contribution in [0.15, 0.2) is 0 Å². The summed E-state index contributed by atoms with van der Waals surface area (Å²) in [6, 6.07) is 0.0720. The van der Waals surface area contributed by atoms with Crippen LogP contribution in [-0.4, -0.2) is 25.3 Å². The number of hydrogen-bond donors (Lipinski definition) is 1. The molecule has 0 saturated carbocycles. The molecule has 13 heavy (non-hydrogen) atoms. The third-order valence-corrected chi connectivity index (χ3v) is 2.44. The summed E-state index contributed by atoms with van der Waals surface area (Å²) >= 11 is 0. The molecule has 1 aliphatic heterocycles. The van der Waals surface area contributed by atoms with Gasteiger partial charge in [-0.2, -0.15) is 8.78 Å². The number of rotatable bonds is 3. The number of halogens is 2. The van der Waals surface area contributed by atoms with Crippen LogP contribution in [0.3, 0.4) is 0 Å². The summed E-state index contributed by atoms with van der Waals surface area (Å²) in [6.45, 7) is 2.30. The Balaban J connectivity index is 2.46. The molecule has 0 aromatic rings. The Morgan fingerprint density at radius 3 is 2.62 bits per heavy atom. The lowest BCUT2D eigenvalue weighted by molar-refractivity contribution is -0.178. The number of hydrogen-bond acceptors (Lipinski definition) is 2. The van der Waals surface area contributed by atoms with Crippen LogP contribution in [0.5, 0.6) is 0 Å². The molecule has 1 N–H and O–H groups in total. The summed E-state index contributed by atoms with van der Waals surface area (Å²) in [6.07, 6.45) is 1.33. The summed E-state index contributed by atoms with van der Waals surface area (Å²) < 4.78 is 28.6. The first kappa shape index (κ1) is 10.9. The van der Waals surface area contributed by atoms with Gasteiger partial charge in [-0.15, -0.1) is 0 Å². The number of ether oxygens (including phenoxy) is 1. The fraction of sp³-hybridized carbons (Fsp3) is 1.00. The normalized spacial score (nSPS) is 30.0. The van der Waals surface area contributed by atoms with Gasteiger partial charge in [0.25, 0.3) is 0 Å². The first-order valence-corrected chi connectivity index (χ1v) is 4.78. The lowest BCUT2D eigenvalue weighted by Gasteiger charge is -2.34. The molecule has 0 bridgehead atoms. The van der Waals surface area contributed by atoms with Gasteiger partial charge in [-0.3, -0.25) is 0 Å². The highest BCUT2D eigenvalue weighted by molar-refractivity contribution is 4.84. The van der Waals surface area contributed by atoms with Crippen molar-refractivity contribution in [2.75, 3.05) is 6.54 Å². The largest absolute Gasteiger partial charge is 0.345 e. The van der Waals surface area contributed by atoms with Gasteiger partial charge in [-0.1, -0.05) is 13.8 Å². The van der Waals surface area contributed by atoms with Gasteiger partial charge in [-0.25, -0.2) is 0 Å². The van der Waals surface area contributed by atoms with Crippen LogP contribution in [0.2, 0.25) is 0 Å². The Hall–Kier alpha value is -0.220. The van der Waals surface area contributed by atoms with Gasteiger partial charge >= 0.3 is 6.61 Å². The average Bonchev–Trinajstić information content (AvgIpc) is 2.03. The minimum Gasteiger partial charge on any atom is -0.318 e. The van der Waals surface area contributed by atoms with Crippen LogP contribution in [0.4, 0.5) is 8.78 Å². The molecule has 0 aliphatic carbocycles. The summed E-state index contributed by atoms with van der Waals surface area (Å²) in [5.74, 6) is 0.337. The second-order valence-corrected chi connectivity index (χ2v) is 3.80. The van der Waals surface area contributed by atoms with Crippen LogP contribution >= 0.6 is 0 Å². The highest BCUT2D eigenvalue weighted by Crippen LogP contribution is 2.20. The third-order valence-electron chi connectivity index (χ3n) is 2.44. The lowest BCUT2D eigenvalue weighted by Crippen LogP contribution is -2.49. The molecule has 0 amide bonds. The van der Waals surface area contributed by atoms with E-state index in [-0.39, 0.29) is 12.1 Å². The predicted molar refractivity (Wildman–Crippen MR) is 46.7 cm³/mol. The molecule has 0 aromatic carbocycles. The van der Waals surface area contributed by atoms with E-state index in [1.165, 1.54) is 0 Å². The zero-order valence-corrected chi connectivity index (χ0v) is 8.09. The molecule has 1 saturated heterocycles. The maximum atomic E-state index is 12.0. The SMILES string of the molecule is CC(C)C1NCCCC1OC(F)F. The van der Waals surface area contributed by atoms with Gasteiger partial charge < -0.3 is 10.1 Å². The van der Waals surface area contributed by atoms with Gasteiger partial charge in [0.15, 0.2) is 0 Å². The van der Waals surface area contributed by atoms with Crippen molar-refractivity contribution in [3.8, 4) is 0 Å². The zero-order chi connectivity index (χ0) is 9.84. The lowest BCUT2D eigenvalue weighted by atomic mass is 9.92. The van der Waals surface area contributed by atoms with E-state index in [0.29, 0.717) is 5.92 Å². The molecule has 1 aliphatic rings. The molecule has 1 heterocycles. The first-order valence-electron chi connectivity index (χ1n) is 4.78. The van der Waals surface area contributed by atoms with E-state index in [1.807, 2.05) is 13.8 Å². The topological polar surface area (TPSA) is 21.3 Å². The fourth-order valence-corrected chi connectivity index (χ4v) is 1.83. The number of alkyl halides is 2. The molecule has 4 heteroatoms. The molecule has 2 unspecified atom stereocenters. The van der Waals surface area contributed by atoms with Crippen molar-refractivity contribution in [1.82, 2.24) is 5.32 Å². The van der Waals surface area contributed by atoms with Crippen LogP contribution in [0.25, 0.3) is 0 Å². The van der Waals surface area contributed by atoms with Gasteiger partial charge in [0.05, 0.1) is 6.10 Å². The fourth-order valence-electron chi connectivity index (χ4n) is 1.83. The van der Waals surface area contributed by atoms with Crippen molar-refractivity contribution >= 4 is 0 Å². The molecular weight excluding hydrogens is 176 g/mol. The highest BCUT2D eigenvalue weighted by Gasteiger charge is 2.29. The van der Waals surface area contributed by atoms with E-state index in [0.717, 1.165) is 19.4 Å². The highest BCUT2D eigenvalue weighted by atomic mass is 19.3. The monoisotopic (exact) mass is 193 g/mol. The molecule has 2 nitrogen and oxygen atoms in total. The minimum atomic E-state index is -2.65. The molecule has 1 fully saturated rings. The molecule has 78 valence electrons. The Bertz CT molecular complexity index is 153. The Morgan fingerprint density at radius 2 is 2.08 bits per heavy atom. The predicted octanol–water partition coefficient (Wildman–Crippen LogP) is 2.00. The van der Waals surface area contributed by atoms with Crippen molar-refractivity contribution in [2.24, 2.45) is 5.92 Å². The van der Waals surface area contributed by atoms with Crippen molar-refractivity contribution in [3.05, 3.63) is 0 Å². The van der Waals surface area contributed by atoms with Crippen LogP contribution in [0, 0.1) is 5.92 Å². The van der Waals surface area contributed by atoms with Crippen LogP contribution in [-0.2, 0) is 4.74 Å². The summed E-state index contributed by atoms with van der Waals surface area (Å²) in [5, 5.41) is 3.22. The van der Waals surface area contributed by atoms with Crippen molar-refractivity contribution in [1.29, 1.82) is 0 Å². The molecule has 2 atom stereocenters. The second-order valence-electron chi connectivity index (χ2n) is 3.80. The quantitative estimate of drug-likeness (QED) is 0.740. The van der Waals surface area contributed by atoms with E-state index in [9.17, 15) is 8.78 Å². The Morgan fingerprint density at radius 1 is 1.38 bits per heavy atom. The van der Waals surface area contributed by atoms with Gasteiger partial charge in [0.2, 0.25) is 0 Å². The standard InChI is InChI=1S/C9H17F2NO/c1-6(2)8-7(13-9(10)11)4-3-5-12-8/h6-9,12H,3-5H2,1-2H3. The van der Waals surface area contributed by atoms with Gasteiger partial charge in [0.1, 0.15) is 0 Å². The third kappa shape index (κ3) is 3.19. The average molecular weight is 193 g/mol. The van der Waals surface area contributed by atoms with E-state index in [1.54, 1.807) is 0 Å². The molecule has 0 radical (unpaired) electrons. The molecule has 0 spiro atoms. The number of piperidine rings is 1. The maximum absolute atomic E-state index is 12.0. The molecule has 1 rings (SSSR count).